The Bertz CT molecular complexity index is 684. The summed E-state index contributed by atoms with van der Waals surface area (Å²) >= 11 is 1.19. The molecule has 0 atom stereocenters. The average Bonchev–Trinajstić information content (AvgIpc) is 2.98. The molecule has 0 saturated heterocycles. The Morgan fingerprint density at radius 1 is 1.40 bits per heavy atom. The summed E-state index contributed by atoms with van der Waals surface area (Å²) in [5, 5.41) is 14.9. The predicted molar refractivity (Wildman–Crippen MR) is 74.9 cm³/mol. The Morgan fingerprint density at radius 3 is 2.75 bits per heavy atom. The van der Waals surface area contributed by atoms with Gasteiger partial charge in [0.25, 0.3) is 5.91 Å². The number of hydrogen-bond acceptors (Lipinski definition) is 5. The summed E-state index contributed by atoms with van der Waals surface area (Å²) in [7, 11) is 0. The van der Waals surface area contributed by atoms with Crippen molar-refractivity contribution in [3.8, 4) is 0 Å². The molecule has 0 aliphatic carbocycles. The van der Waals surface area contributed by atoms with Crippen LogP contribution in [0.2, 0.25) is 0 Å². The normalized spacial score (nSPS) is 10.9. The topological polar surface area (TPSA) is 92.4 Å². The minimum atomic E-state index is -1.03. The molecule has 0 spiro atoms. The molecule has 20 heavy (non-hydrogen) atoms. The third kappa shape index (κ3) is 3.12. The highest BCUT2D eigenvalue weighted by molar-refractivity contribution is 7.15. The molecule has 1 amide bonds. The molecule has 7 heteroatoms. The second-order valence-corrected chi connectivity index (χ2v) is 5.17. The van der Waals surface area contributed by atoms with E-state index >= 15 is 0 Å². The largest absolute Gasteiger partial charge is 0.478 e. The van der Waals surface area contributed by atoms with Crippen molar-refractivity contribution in [3.63, 3.8) is 0 Å². The number of aryl methyl sites for hydroxylation is 1. The Hall–Kier alpha value is -2.41. The smallest absolute Gasteiger partial charge is 0.328 e. The monoisotopic (exact) mass is 292 g/mol. The van der Waals surface area contributed by atoms with E-state index in [0.717, 1.165) is 17.3 Å². The molecule has 2 aromatic rings. The van der Waals surface area contributed by atoms with Gasteiger partial charge in [-0.1, -0.05) is 5.16 Å². The van der Waals surface area contributed by atoms with Gasteiger partial charge in [-0.15, -0.1) is 11.3 Å². The molecule has 2 rings (SSSR count). The predicted octanol–water partition coefficient (Wildman–Crippen LogP) is 2.70. The molecule has 0 unspecified atom stereocenters. The lowest BCUT2D eigenvalue weighted by atomic mass is 10.3. The van der Waals surface area contributed by atoms with E-state index < -0.39 is 5.97 Å². The van der Waals surface area contributed by atoms with Crippen LogP contribution in [-0.2, 0) is 4.79 Å². The fourth-order valence-electron chi connectivity index (χ4n) is 1.41. The van der Waals surface area contributed by atoms with E-state index in [1.807, 2.05) is 0 Å². The Balaban J connectivity index is 2.10. The number of carbonyl (C=O) groups excluding carboxylic acids is 1. The van der Waals surface area contributed by atoms with Gasteiger partial charge in [0.05, 0.1) is 10.6 Å². The van der Waals surface area contributed by atoms with Crippen molar-refractivity contribution < 1.29 is 19.2 Å². The molecular formula is C13H12N2O4S. The van der Waals surface area contributed by atoms with Crippen molar-refractivity contribution in [1.29, 1.82) is 0 Å². The highest BCUT2D eigenvalue weighted by atomic mass is 32.1. The zero-order valence-corrected chi connectivity index (χ0v) is 11.7. The van der Waals surface area contributed by atoms with E-state index in [4.69, 9.17) is 9.63 Å². The summed E-state index contributed by atoms with van der Waals surface area (Å²) in [6.45, 7) is 3.59. The first-order chi connectivity index (χ1) is 9.47. The quantitative estimate of drug-likeness (QED) is 0.845. The summed E-state index contributed by atoms with van der Waals surface area (Å²) < 4.78 is 5.00. The van der Waals surface area contributed by atoms with E-state index in [1.165, 1.54) is 17.4 Å². The zero-order valence-electron chi connectivity index (χ0n) is 10.8. The first kappa shape index (κ1) is 14.0. The van der Waals surface area contributed by atoms with Crippen LogP contribution in [0.25, 0.3) is 6.08 Å². The average molecular weight is 292 g/mol. The Morgan fingerprint density at radius 2 is 2.15 bits per heavy atom. The van der Waals surface area contributed by atoms with Crippen LogP contribution >= 0.6 is 11.3 Å². The molecule has 0 bridgehead atoms. The van der Waals surface area contributed by atoms with Gasteiger partial charge in [-0.05, 0) is 32.1 Å². The van der Waals surface area contributed by atoms with Crippen LogP contribution in [0.15, 0.2) is 22.7 Å². The van der Waals surface area contributed by atoms with Crippen molar-refractivity contribution >= 4 is 35.2 Å². The first-order valence-electron chi connectivity index (χ1n) is 5.72. The molecule has 0 saturated carbocycles. The molecule has 104 valence electrons. The van der Waals surface area contributed by atoms with Crippen molar-refractivity contribution in [2.24, 2.45) is 0 Å². The maximum atomic E-state index is 12.0. The second-order valence-electron chi connectivity index (χ2n) is 4.05. The molecule has 2 heterocycles. The third-order valence-electron chi connectivity index (χ3n) is 2.62. The third-order valence-corrected chi connectivity index (χ3v) is 3.67. The van der Waals surface area contributed by atoms with Gasteiger partial charge >= 0.3 is 5.97 Å². The zero-order chi connectivity index (χ0) is 14.7. The number of carboxylic acids is 1. The van der Waals surface area contributed by atoms with Crippen molar-refractivity contribution in [3.05, 3.63) is 39.2 Å². The van der Waals surface area contributed by atoms with E-state index in [0.29, 0.717) is 15.6 Å². The van der Waals surface area contributed by atoms with Gasteiger partial charge in [0, 0.05) is 16.5 Å². The molecule has 0 aliphatic rings. The molecule has 0 aliphatic heterocycles. The lowest BCUT2D eigenvalue weighted by Crippen LogP contribution is -2.10. The van der Waals surface area contributed by atoms with Crippen LogP contribution in [0.4, 0.5) is 5.88 Å². The molecule has 0 fully saturated rings. The van der Waals surface area contributed by atoms with Crippen LogP contribution in [0.3, 0.4) is 0 Å². The number of anilines is 1. The number of carbonyl (C=O) groups is 2. The van der Waals surface area contributed by atoms with Crippen molar-refractivity contribution in [2.75, 3.05) is 5.32 Å². The van der Waals surface area contributed by atoms with Crippen LogP contribution in [0.5, 0.6) is 0 Å². The van der Waals surface area contributed by atoms with E-state index in [9.17, 15) is 9.59 Å². The van der Waals surface area contributed by atoms with E-state index in [-0.39, 0.29) is 5.91 Å². The van der Waals surface area contributed by atoms with Gasteiger partial charge in [-0.25, -0.2) is 4.79 Å². The maximum Gasteiger partial charge on any atom is 0.328 e. The van der Waals surface area contributed by atoms with E-state index in [1.54, 1.807) is 26.0 Å². The van der Waals surface area contributed by atoms with Gasteiger partial charge in [0.2, 0.25) is 5.88 Å². The summed E-state index contributed by atoms with van der Waals surface area (Å²) in [5.74, 6) is -1.02. The lowest BCUT2D eigenvalue weighted by Gasteiger charge is -1.99. The van der Waals surface area contributed by atoms with Crippen LogP contribution < -0.4 is 5.32 Å². The van der Waals surface area contributed by atoms with Crippen molar-refractivity contribution in [2.45, 2.75) is 13.8 Å². The Kier molecular flexibility index (Phi) is 3.99. The molecular weight excluding hydrogens is 280 g/mol. The van der Waals surface area contributed by atoms with Gasteiger partial charge in [-0.3, -0.25) is 10.1 Å². The number of rotatable bonds is 4. The van der Waals surface area contributed by atoms with E-state index in [2.05, 4.69) is 10.5 Å². The van der Waals surface area contributed by atoms with Gasteiger partial charge < -0.3 is 9.63 Å². The fraction of sp³-hybridized carbons (Fsp3) is 0.154. The lowest BCUT2D eigenvalue weighted by molar-refractivity contribution is -0.131. The second kappa shape index (κ2) is 5.70. The number of hydrogen-bond donors (Lipinski definition) is 2. The highest BCUT2D eigenvalue weighted by Gasteiger charge is 2.14. The number of thiophene rings is 1. The highest BCUT2D eigenvalue weighted by Crippen LogP contribution is 2.22. The minimum Gasteiger partial charge on any atom is -0.478 e. The van der Waals surface area contributed by atoms with Gasteiger partial charge in [0.1, 0.15) is 0 Å². The SMILES string of the molecule is Cc1noc(NC(=O)c2ccc(C=CC(=O)O)s2)c1C. The summed E-state index contributed by atoms with van der Waals surface area (Å²) in [6, 6.07) is 3.30. The van der Waals surface area contributed by atoms with Crippen LogP contribution in [-0.4, -0.2) is 22.1 Å². The van der Waals surface area contributed by atoms with Crippen LogP contribution in [0.1, 0.15) is 25.8 Å². The number of nitrogens with zero attached hydrogens (tertiary/aromatic N) is 1. The molecule has 0 aromatic carbocycles. The summed E-state index contributed by atoms with van der Waals surface area (Å²) in [4.78, 5) is 23.6. The number of aliphatic carboxylic acids is 1. The molecule has 2 aromatic heterocycles. The minimum absolute atomic E-state index is 0.316. The number of nitrogens with one attached hydrogen (secondary N) is 1. The van der Waals surface area contributed by atoms with Gasteiger partial charge in [0.15, 0.2) is 0 Å². The number of aromatic nitrogens is 1. The number of carboxylic acid groups (broad SMARTS) is 1. The van der Waals surface area contributed by atoms with Crippen LogP contribution in [0, 0.1) is 13.8 Å². The maximum absolute atomic E-state index is 12.0. The standard InChI is InChI=1S/C13H12N2O4S/c1-7-8(2)15-19-13(7)14-12(18)10-5-3-9(20-10)4-6-11(16)17/h3-6H,1-2H3,(H,14,18)(H,16,17). The number of amides is 1. The Labute approximate surface area is 118 Å². The fourth-order valence-corrected chi connectivity index (χ4v) is 2.22. The van der Waals surface area contributed by atoms with Gasteiger partial charge in [-0.2, -0.15) is 0 Å². The molecule has 2 N–H and O–H groups in total. The molecule has 6 nitrogen and oxygen atoms in total. The summed E-state index contributed by atoms with van der Waals surface area (Å²) in [5.41, 5.74) is 1.50. The first-order valence-corrected chi connectivity index (χ1v) is 6.54. The summed E-state index contributed by atoms with van der Waals surface area (Å²) in [6.07, 6.45) is 2.46. The van der Waals surface area contributed by atoms with Crippen molar-refractivity contribution in [1.82, 2.24) is 5.16 Å². The molecule has 0 radical (unpaired) electrons.